The Kier molecular flexibility index (Phi) is 6.77. The minimum atomic E-state index is 0.556. The highest BCUT2D eigenvalue weighted by Crippen LogP contribution is 2.26. The number of hydrogen-bond donors (Lipinski definition) is 2. The van der Waals surface area contributed by atoms with Gasteiger partial charge in [0, 0.05) is 45.3 Å². The van der Waals surface area contributed by atoms with Crippen molar-refractivity contribution in [1.82, 2.24) is 20.4 Å². The fourth-order valence-electron chi connectivity index (χ4n) is 3.42. The van der Waals surface area contributed by atoms with Crippen LogP contribution in [0.5, 0.6) is 0 Å². The third-order valence-electron chi connectivity index (χ3n) is 4.95. The second-order valence-corrected chi connectivity index (χ2v) is 6.46. The molecule has 1 heterocycles. The van der Waals surface area contributed by atoms with E-state index in [4.69, 9.17) is 0 Å². The number of aliphatic imine (C=N–C) groups is 1. The van der Waals surface area contributed by atoms with Gasteiger partial charge < -0.3 is 15.5 Å². The van der Waals surface area contributed by atoms with Gasteiger partial charge in [-0.2, -0.15) is 0 Å². The molecule has 0 amide bonds. The van der Waals surface area contributed by atoms with Crippen LogP contribution in [0.3, 0.4) is 0 Å². The van der Waals surface area contributed by atoms with Crippen molar-refractivity contribution >= 4 is 5.96 Å². The first-order chi connectivity index (χ1) is 10.2. The van der Waals surface area contributed by atoms with E-state index < -0.39 is 0 Å². The Hall–Kier alpha value is -0.810. The van der Waals surface area contributed by atoms with Crippen LogP contribution in [0.25, 0.3) is 0 Å². The van der Waals surface area contributed by atoms with Crippen molar-refractivity contribution in [2.75, 3.05) is 46.8 Å². The Balaban J connectivity index is 1.68. The van der Waals surface area contributed by atoms with Gasteiger partial charge in [-0.25, -0.2) is 0 Å². The quantitative estimate of drug-likeness (QED) is 0.569. The Morgan fingerprint density at radius 1 is 1.29 bits per heavy atom. The number of likely N-dealkylation sites (tertiary alicyclic amines) is 1. The third kappa shape index (κ3) is 5.15. The SMILES string of the molecule is CCN(C)CCNC(=NC)NC1CCN(C2CCCC2)C1. The van der Waals surface area contributed by atoms with Gasteiger partial charge in [-0.05, 0) is 32.9 Å². The van der Waals surface area contributed by atoms with Crippen LogP contribution in [0.1, 0.15) is 39.0 Å². The van der Waals surface area contributed by atoms with Crippen LogP contribution in [-0.4, -0.2) is 74.7 Å². The molecule has 1 aliphatic heterocycles. The zero-order chi connectivity index (χ0) is 15.1. The summed E-state index contributed by atoms with van der Waals surface area (Å²) in [5.74, 6) is 0.956. The molecule has 1 aliphatic carbocycles. The third-order valence-corrected chi connectivity index (χ3v) is 4.95. The van der Waals surface area contributed by atoms with Gasteiger partial charge in [0.05, 0.1) is 0 Å². The summed E-state index contributed by atoms with van der Waals surface area (Å²) < 4.78 is 0. The number of likely N-dealkylation sites (N-methyl/N-ethyl adjacent to an activating group) is 1. The Bertz CT molecular complexity index is 325. The van der Waals surface area contributed by atoms with Crippen LogP contribution < -0.4 is 10.6 Å². The molecular weight excluding hydrogens is 262 g/mol. The molecule has 0 aromatic rings. The van der Waals surface area contributed by atoms with Crippen LogP contribution >= 0.6 is 0 Å². The predicted molar refractivity (Wildman–Crippen MR) is 89.9 cm³/mol. The Labute approximate surface area is 130 Å². The van der Waals surface area contributed by atoms with Crippen molar-refractivity contribution in [3.05, 3.63) is 0 Å². The topological polar surface area (TPSA) is 42.9 Å². The summed E-state index contributed by atoms with van der Waals surface area (Å²) in [6.07, 6.45) is 6.90. The van der Waals surface area contributed by atoms with E-state index in [1.165, 1.54) is 45.2 Å². The second kappa shape index (κ2) is 8.59. The molecular formula is C16H33N5. The van der Waals surface area contributed by atoms with Crippen LogP contribution in [-0.2, 0) is 0 Å². The zero-order valence-corrected chi connectivity index (χ0v) is 14.1. The van der Waals surface area contributed by atoms with Gasteiger partial charge in [-0.3, -0.25) is 9.89 Å². The molecule has 0 aromatic heterocycles. The lowest BCUT2D eigenvalue weighted by Gasteiger charge is -2.24. The normalized spacial score (nSPS) is 25.0. The average molecular weight is 295 g/mol. The van der Waals surface area contributed by atoms with Gasteiger partial charge >= 0.3 is 0 Å². The Morgan fingerprint density at radius 2 is 2.05 bits per heavy atom. The standard InChI is InChI=1S/C16H33N5/c1-4-20(3)12-10-18-16(17-2)19-14-9-11-21(13-14)15-7-5-6-8-15/h14-15H,4-13H2,1-3H3,(H2,17,18,19). The van der Waals surface area contributed by atoms with Crippen molar-refractivity contribution in [2.45, 2.75) is 51.1 Å². The molecule has 1 saturated carbocycles. The van der Waals surface area contributed by atoms with E-state index >= 15 is 0 Å². The second-order valence-electron chi connectivity index (χ2n) is 6.46. The molecule has 2 N–H and O–H groups in total. The molecule has 5 nitrogen and oxygen atoms in total. The highest BCUT2D eigenvalue weighted by atomic mass is 15.3. The number of hydrogen-bond acceptors (Lipinski definition) is 3. The fourth-order valence-corrected chi connectivity index (χ4v) is 3.42. The molecule has 2 fully saturated rings. The summed E-state index contributed by atoms with van der Waals surface area (Å²) in [5.41, 5.74) is 0. The minimum Gasteiger partial charge on any atom is -0.355 e. The molecule has 1 atom stereocenters. The fraction of sp³-hybridized carbons (Fsp3) is 0.938. The molecule has 122 valence electrons. The summed E-state index contributed by atoms with van der Waals surface area (Å²) in [7, 11) is 4.01. The van der Waals surface area contributed by atoms with Gasteiger partial charge in [0.25, 0.3) is 0 Å². The minimum absolute atomic E-state index is 0.556. The molecule has 5 heteroatoms. The Morgan fingerprint density at radius 3 is 2.71 bits per heavy atom. The van der Waals surface area contributed by atoms with Crippen molar-refractivity contribution in [1.29, 1.82) is 0 Å². The van der Waals surface area contributed by atoms with E-state index in [2.05, 4.69) is 39.4 Å². The van der Waals surface area contributed by atoms with E-state index in [0.29, 0.717) is 6.04 Å². The highest BCUT2D eigenvalue weighted by Gasteiger charge is 2.30. The van der Waals surface area contributed by atoms with E-state index in [1.54, 1.807) is 0 Å². The van der Waals surface area contributed by atoms with Gasteiger partial charge in [0.15, 0.2) is 5.96 Å². The predicted octanol–water partition coefficient (Wildman–Crippen LogP) is 1.12. The molecule has 0 bridgehead atoms. The average Bonchev–Trinajstić information content (AvgIpc) is 3.16. The summed E-state index contributed by atoms with van der Waals surface area (Å²) in [6.45, 7) is 7.70. The van der Waals surface area contributed by atoms with E-state index in [9.17, 15) is 0 Å². The van der Waals surface area contributed by atoms with Crippen LogP contribution in [0, 0.1) is 0 Å². The van der Waals surface area contributed by atoms with Crippen LogP contribution in [0.4, 0.5) is 0 Å². The van der Waals surface area contributed by atoms with Crippen molar-refractivity contribution < 1.29 is 0 Å². The number of nitrogens with one attached hydrogen (secondary N) is 2. The molecule has 0 radical (unpaired) electrons. The highest BCUT2D eigenvalue weighted by molar-refractivity contribution is 5.80. The van der Waals surface area contributed by atoms with E-state index in [0.717, 1.165) is 31.6 Å². The molecule has 0 spiro atoms. The lowest BCUT2D eigenvalue weighted by Crippen LogP contribution is -2.46. The lowest BCUT2D eigenvalue weighted by atomic mass is 10.2. The summed E-state index contributed by atoms with van der Waals surface area (Å²) in [5, 5.41) is 7.01. The number of rotatable bonds is 6. The maximum atomic E-state index is 4.35. The van der Waals surface area contributed by atoms with Crippen molar-refractivity contribution in [3.63, 3.8) is 0 Å². The number of guanidine groups is 1. The molecule has 0 aromatic carbocycles. The number of nitrogens with zero attached hydrogens (tertiary/aromatic N) is 3. The van der Waals surface area contributed by atoms with Gasteiger partial charge in [-0.15, -0.1) is 0 Å². The first kappa shape index (κ1) is 16.6. The van der Waals surface area contributed by atoms with E-state index in [-0.39, 0.29) is 0 Å². The first-order valence-electron chi connectivity index (χ1n) is 8.62. The van der Waals surface area contributed by atoms with Gasteiger partial charge in [-0.1, -0.05) is 19.8 Å². The zero-order valence-electron chi connectivity index (χ0n) is 14.1. The smallest absolute Gasteiger partial charge is 0.191 e. The molecule has 1 unspecified atom stereocenters. The molecule has 2 rings (SSSR count). The van der Waals surface area contributed by atoms with Crippen molar-refractivity contribution in [2.24, 2.45) is 4.99 Å². The molecule has 21 heavy (non-hydrogen) atoms. The van der Waals surface area contributed by atoms with Gasteiger partial charge in [0.1, 0.15) is 0 Å². The molecule has 2 aliphatic rings. The molecule has 1 saturated heterocycles. The van der Waals surface area contributed by atoms with Gasteiger partial charge in [0.2, 0.25) is 0 Å². The largest absolute Gasteiger partial charge is 0.355 e. The van der Waals surface area contributed by atoms with E-state index in [1.807, 2.05) is 7.05 Å². The summed E-state index contributed by atoms with van der Waals surface area (Å²) in [4.78, 5) is 9.34. The van der Waals surface area contributed by atoms with Crippen molar-refractivity contribution in [3.8, 4) is 0 Å². The first-order valence-corrected chi connectivity index (χ1v) is 8.62. The monoisotopic (exact) mass is 295 g/mol. The summed E-state index contributed by atoms with van der Waals surface area (Å²) >= 11 is 0. The van der Waals surface area contributed by atoms with Crippen LogP contribution in [0.2, 0.25) is 0 Å². The summed E-state index contributed by atoms with van der Waals surface area (Å²) in [6, 6.07) is 1.41. The maximum Gasteiger partial charge on any atom is 0.191 e. The maximum absolute atomic E-state index is 4.35. The lowest BCUT2D eigenvalue weighted by molar-refractivity contribution is 0.242. The van der Waals surface area contributed by atoms with Crippen LogP contribution in [0.15, 0.2) is 4.99 Å².